The zero-order chi connectivity index (χ0) is 14.2. The predicted molar refractivity (Wildman–Crippen MR) is 80.0 cm³/mol. The van der Waals surface area contributed by atoms with Crippen LogP contribution >= 0.6 is 0 Å². The van der Waals surface area contributed by atoms with Crippen LogP contribution in [0.1, 0.15) is 43.7 Å². The lowest BCUT2D eigenvalue weighted by atomic mass is 9.91. The maximum absolute atomic E-state index is 12.7. The molecule has 2 aromatic carbocycles. The molecule has 0 heterocycles. The van der Waals surface area contributed by atoms with Crippen molar-refractivity contribution in [2.45, 2.75) is 34.6 Å². The second-order valence-corrected chi connectivity index (χ2v) is 5.33. The largest absolute Gasteiger partial charge is 0.289 e. The molecule has 0 saturated heterocycles. The number of carbonyl (C=O) groups excluding carboxylic acids is 1. The third-order valence-electron chi connectivity index (χ3n) is 3.93. The molecule has 0 unspecified atom stereocenters. The van der Waals surface area contributed by atoms with E-state index in [4.69, 9.17) is 0 Å². The summed E-state index contributed by atoms with van der Waals surface area (Å²) in [6.07, 6.45) is 0. The van der Waals surface area contributed by atoms with Crippen LogP contribution in [-0.2, 0) is 0 Å². The molecule has 0 fully saturated rings. The molecule has 0 N–H and O–H groups in total. The second-order valence-electron chi connectivity index (χ2n) is 5.33. The summed E-state index contributed by atoms with van der Waals surface area (Å²) >= 11 is 0. The second kappa shape index (κ2) is 5.00. The molecule has 98 valence electrons. The van der Waals surface area contributed by atoms with Gasteiger partial charge in [-0.1, -0.05) is 24.3 Å². The summed E-state index contributed by atoms with van der Waals surface area (Å²) in [6.45, 7) is 10.2. The highest BCUT2D eigenvalue weighted by molar-refractivity contribution is 6.11. The maximum atomic E-state index is 12.7. The number of aryl methyl sites for hydroxylation is 4. The summed E-state index contributed by atoms with van der Waals surface area (Å²) in [5.41, 5.74) is 7.31. The van der Waals surface area contributed by atoms with Gasteiger partial charge in [-0.05, 0) is 68.5 Å². The topological polar surface area (TPSA) is 17.1 Å². The lowest BCUT2D eigenvalue weighted by Gasteiger charge is -2.12. The van der Waals surface area contributed by atoms with E-state index in [1.54, 1.807) is 0 Å². The quantitative estimate of drug-likeness (QED) is 0.721. The van der Waals surface area contributed by atoms with Gasteiger partial charge in [0.25, 0.3) is 0 Å². The summed E-state index contributed by atoms with van der Waals surface area (Å²) in [4.78, 5) is 12.7. The fourth-order valence-electron chi connectivity index (χ4n) is 2.35. The molecule has 1 nitrogen and oxygen atoms in total. The van der Waals surface area contributed by atoms with Gasteiger partial charge in [-0.25, -0.2) is 0 Å². The summed E-state index contributed by atoms with van der Waals surface area (Å²) in [5, 5.41) is 0. The van der Waals surface area contributed by atoms with Crippen molar-refractivity contribution in [2.75, 3.05) is 0 Å². The normalized spacial score (nSPS) is 10.6. The Hall–Kier alpha value is -1.89. The van der Waals surface area contributed by atoms with Crippen LogP contribution in [0.5, 0.6) is 0 Å². The molecule has 2 aromatic rings. The zero-order valence-corrected chi connectivity index (χ0v) is 12.3. The number of carbonyl (C=O) groups is 1. The van der Waals surface area contributed by atoms with E-state index < -0.39 is 0 Å². The van der Waals surface area contributed by atoms with Crippen LogP contribution in [0.15, 0.2) is 30.3 Å². The van der Waals surface area contributed by atoms with E-state index in [-0.39, 0.29) is 5.78 Å². The van der Waals surface area contributed by atoms with Gasteiger partial charge in [0, 0.05) is 11.1 Å². The molecule has 0 saturated carbocycles. The Labute approximate surface area is 115 Å². The van der Waals surface area contributed by atoms with Crippen LogP contribution in [0.2, 0.25) is 0 Å². The van der Waals surface area contributed by atoms with E-state index in [2.05, 4.69) is 19.9 Å². The Balaban J connectivity index is 2.56. The maximum Gasteiger partial charge on any atom is 0.193 e. The Kier molecular flexibility index (Phi) is 3.57. The van der Waals surface area contributed by atoms with Gasteiger partial charge in [0.2, 0.25) is 0 Å². The molecule has 0 radical (unpaired) electrons. The van der Waals surface area contributed by atoms with Gasteiger partial charge >= 0.3 is 0 Å². The van der Waals surface area contributed by atoms with E-state index >= 15 is 0 Å². The Morgan fingerprint density at radius 3 is 2.05 bits per heavy atom. The standard InChI is InChI=1S/C18H20O/c1-11-7-6-8-16(15(11)5)18(19)17-10-13(3)12(2)9-14(17)4/h6-10H,1-5H3. The van der Waals surface area contributed by atoms with Gasteiger partial charge in [-0.3, -0.25) is 4.79 Å². The molecule has 0 atom stereocenters. The van der Waals surface area contributed by atoms with Crippen LogP contribution in [0, 0.1) is 34.6 Å². The van der Waals surface area contributed by atoms with E-state index in [1.165, 1.54) is 11.1 Å². The summed E-state index contributed by atoms with van der Waals surface area (Å²) in [6, 6.07) is 10.0. The van der Waals surface area contributed by atoms with Crippen molar-refractivity contribution in [1.82, 2.24) is 0 Å². The molecule has 0 bridgehead atoms. The number of ketones is 1. The predicted octanol–water partition coefficient (Wildman–Crippen LogP) is 4.46. The molecular formula is C18H20O. The van der Waals surface area contributed by atoms with E-state index in [0.717, 1.165) is 27.8 Å². The zero-order valence-electron chi connectivity index (χ0n) is 12.3. The molecular weight excluding hydrogens is 232 g/mol. The van der Waals surface area contributed by atoms with Gasteiger partial charge in [-0.15, -0.1) is 0 Å². The third kappa shape index (κ3) is 2.46. The molecule has 0 aliphatic carbocycles. The van der Waals surface area contributed by atoms with Crippen molar-refractivity contribution in [3.63, 3.8) is 0 Å². The van der Waals surface area contributed by atoms with Crippen molar-refractivity contribution in [3.8, 4) is 0 Å². The van der Waals surface area contributed by atoms with Gasteiger partial charge in [0.15, 0.2) is 5.78 Å². The average molecular weight is 252 g/mol. The fourth-order valence-corrected chi connectivity index (χ4v) is 2.35. The smallest absolute Gasteiger partial charge is 0.193 e. The molecule has 0 aromatic heterocycles. The number of hydrogen-bond acceptors (Lipinski definition) is 1. The van der Waals surface area contributed by atoms with Crippen molar-refractivity contribution in [2.24, 2.45) is 0 Å². The van der Waals surface area contributed by atoms with Gasteiger partial charge in [-0.2, -0.15) is 0 Å². The van der Waals surface area contributed by atoms with Crippen LogP contribution < -0.4 is 0 Å². The Morgan fingerprint density at radius 1 is 0.737 bits per heavy atom. The minimum Gasteiger partial charge on any atom is -0.289 e. The Morgan fingerprint density at radius 2 is 1.37 bits per heavy atom. The van der Waals surface area contributed by atoms with Gasteiger partial charge in [0.1, 0.15) is 0 Å². The average Bonchev–Trinajstić information content (AvgIpc) is 2.36. The summed E-state index contributed by atoms with van der Waals surface area (Å²) < 4.78 is 0. The molecule has 19 heavy (non-hydrogen) atoms. The minimum atomic E-state index is 0.127. The van der Waals surface area contributed by atoms with Gasteiger partial charge in [0.05, 0.1) is 0 Å². The van der Waals surface area contributed by atoms with Crippen molar-refractivity contribution in [3.05, 3.63) is 69.3 Å². The van der Waals surface area contributed by atoms with Crippen LogP contribution in [0.3, 0.4) is 0 Å². The number of hydrogen-bond donors (Lipinski definition) is 0. The molecule has 2 rings (SSSR count). The highest BCUT2D eigenvalue weighted by Gasteiger charge is 2.15. The third-order valence-corrected chi connectivity index (χ3v) is 3.93. The fraction of sp³-hybridized carbons (Fsp3) is 0.278. The van der Waals surface area contributed by atoms with Crippen LogP contribution in [0.4, 0.5) is 0 Å². The molecule has 0 amide bonds. The summed E-state index contributed by atoms with van der Waals surface area (Å²) in [7, 11) is 0. The van der Waals surface area contributed by atoms with Crippen molar-refractivity contribution < 1.29 is 4.79 Å². The first-order valence-corrected chi connectivity index (χ1v) is 6.60. The summed E-state index contributed by atoms with van der Waals surface area (Å²) in [5.74, 6) is 0.127. The first kappa shape index (κ1) is 13.5. The lowest BCUT2D eigenvalue weighted by molar-refractivity contribution is 0.103. The first-order valence-electron chi connectivity index (χ1n) is 6.60. The molecule has 1 heteroatoms. The molecule has 0 aliphatic heterocycles. The van der Waals surface area contributed by atoms with E-state index in [1.807, 2.05) is 45.0 Å². The number of benzene rings is 2. The Bertz CT molecular complexity index is 651. The van der Waals surface area contributed by atoms with Crippen LogP contribution in [0.25, 0.3) is 0 Å². The minimum absolute atomic E-state index is 0.127. The van der Waals surface area contributed by atoms with Crippen molar-refractivity contribution >= 4 is 5.78 Å². The highest BCUT2D eigenvalue weighted by atomic mass is 16.1. The monoisotopic (exact) mass is 252 g/mol. The molecule has 0 spiro atoms. The highest BCUT2D eigenvalue weighted by Crippen LogP contribution is 2.21. The lowest BCUT2D eigenvalue weighted by Crippen LogP contribution is -2.07. The number of rotatable bonds is 2. The SMILES string of the molecule is Cc1cc(C)c(C(=O)c2cccc(C)c2C)cc1C. The van der Waals surface area contributed by atoms with Crippen molar-refractivity contribution in [1.29, 1.82) is 0 Å². The van der Waals surface area contributed by atoms with E-state index in [9.17, 15) is 4.79 Å². The first-order chi connectivity index (χ1) is 8.91. The van der Waals surface area contributed by atoms with Crippen LogP contribution in [-0.4, -0.2) is 5.78 Å². The van der Waals surface area contributed by atoms with E-state index in [0.29, 0.717) is 0 Å². The van der Waals surface area contributed by atoms with Gasteiger partial charge < -0.3 is 0 Å². The molecule has 0 aliphatic rings.